The molecule has 0 unspecified atom stereocenters. The van der Waals surface area contributed by atoms with Gasteiger partial charge in [-0.2, -0.15) is 0 Å². The van der Waals surface area contributed by atoms with Crippen LogP contribution in [0, 0.1) is 0 Å². The van der Waals surface area contributed by atoms with E-state index in [1.807, 2.05) is 12.2 Å². The third-order valence-corrected chi connectivity index (χ3v) is 7.90. The van der Waals surface area contributed by atoms with Crippen LogP contribution in [0.2, 0.25) is 0 Å². The van der Waals surface area contributed by atoms with Crippen molar-refractivity contribution in [3.05, 3.63) is 206 Å². The SMILES string of the molecule is C=C/C=C(\c1ccccc1)c1c(C(=C)c2ccccc2)c(-c2ccccc2)c2ccccc2c1-c1ccccc1.C=CCCC. The van der Waals surface area contributed by atoms with E-state index in [4.69, 9.17) is 6.58 Å². The van der Waals surface area contributed by atoms with Crippen molar-refractivity contribution in [3.63, 3.8) is 0 Å². The Labute approximate surface area is 269 Å². The van der Waals surface area contributed by atoms with Crippen LogP contribution < -0.4 is 0 Å². The summed E-state index contributed by atoms with van der Waals surface area (Å²) in [4.78, 5) is 0. The van der Waals surface area contributed by atoms with E-state index in [1.165, 1.54) is 33.9 Å². The third-order valence-electron chi connectivity index (χ3n) is 7.90. The van der Waals surface area contributed by atoms with Crippen LogP contribution in [0.4, 0.5) is 0 Å². The number of rotatable bonds is 9. The zero-order valence-corrected chi connectivity index (χ0v) is 26.1. The van der Waals surface area contributed by atoms with Crippen molar-refractivity contribution >= 4 is 21.9 Å². The molecule has 0 aliphatic rings. The molecule has 0 amide bonds. The molecule has 0 fully saturated rings. The van der Waals surface area contributed by atoms with Gasteiger partial charge in [0.15, 0.2) is 0 Å². The first kappa shape index (κ1) is 31.0. The monoisotopic (exact) mass is 580 g/mol. The normalized spacial score (nSPS) is 10.9. The van der Waals surface area contributed by atoms with E-state index in [2.05, 4.69) is 172 Å². The first-order valence-electron chi connectivity index (χ1n) is 15.6. The van der Waals surface area contributed by atoms with E-state index in [-0.39, 0.29) is 0 Å². The second kappa shape index (κ2) is 15.3. The summed E-state index contributed by atoms with van der Waals surface area (Å²) < 4.78 is 0. The molecule has 0 saturated carbocycles. The van der Waals surface area contributed by atoms with Gasteiger partial charge in [0.2, 0.25) is 0 Å². The zero-order valence-electron chi connectivity index (χ0n) is 26.1. The highest BCUT2D eigenvalue weighted by atomic mass is 14.3. The predicted octanol–water partition coefficient (Wildman–Crippen LogP) is 12.8. The van der Waals surface area contributed by atoms with Crippen molar-refractivity contribution in [1.29, 1.82) is 0 Å². The van der Waals surface area contributed by atoms with Crippen LogP contribution in [0.1, 0.15) is 42.0 Å². The third kappa shape index (κ3) is 6.87. The molecule has 0 aliphatic heterocycles. The largest absolute Gasteiger partial charge is 0.103 e. The molecule has 45 heavy (non-hydrogen) atoms. The summed E-state index contributed by atoms with van der Waals surface area (Å²) >= 11 is 0. The molecule has 0 bridgehead atoms. The number of unbranched alkanes of at least 4 members (excludes halogenated alkanes) is 1. The Balaban J connectivity index is 0.000000743. The first-order valence-corrected chi connectivity index (χ1v) is 15.6. The Hall–Kier alpha value is -5.46. The fraction of sp³-hybridized carbons (Fsp3) is 0.0667. The van der Waals surface area contributed by atoms with E-state index < -0.39 is 0 Å². The minimum atomic E-state index is 0.989. The lowest BCUT2D eigenvalue weighted by atomic mass is 9.76. The molecule has 220 valence electrons. The minimum Gasteiger partial charge on any atom is -0.103 e. The lowest BCUT2D eigenvalue weighted by molar-refractivity contribution is 0.961. The standard InChI is InChI=1S/C40H30.C5H10/c1-3-18-34(31-21-10-5-11-22-31)40-37(29(2)30-19-8-4-9-20-30)38(32-23-12-6-13-24-32)35-27-16-17-28-36(35)39(40)33-25-14-7-15-26-33;1-3-5-4-2/h3-28H,1-2H2;3H,1,4-5H2,2H3/b34-18+;. The molecule has 0 aliphatic carbocycles. The van der Waals surface area contributed by atoms with Gasteiger partial charge in [0.1, 0.15) is 0 Å². The van der Waals surface area contributed by atoms with Gasteiger partial charge in [-0.15, -0.1) is 6.58 Å². The van der Waals surface area contributed by atoms with Crippen molar-refractivity contribution in [1.82, 2.24) is 0 Å². The summed E-state index contributed by atoms with van der Waals surface area (Å²) in [6, 6.07) is 51.3. The van der Waals surface area contributed by atoms with Crippen LogP contribution in [-0.2, 0) is 0 Å². The van der Waals surface area contributed by atoms with E-state index in [0.717, 1.165) is 45.4 Å². The Morgan fingerprint density at radius 3 is 1.38 bits per heavy atom. The molecule has 0 heteroatoms. The maximum Gasteiger partial charge on any atom is -0.000808 e. The summed E-state index contributed by atoms with van der Waals surface area (Å²) in [6.45, 7) is 14.6. The van der Waals surface area contributed by atoms with Crippen LogP contribution >= 0.6 is 0 Å². The van der Waals surface area contributed by atoms with Crippen LogP contribution in [-0.4, -0.2) is 0 Å². The highest BCUT2D eigenvalue weighted by Gasteiger charge is 2.26. The summed E-state index contributed by atoms with van der Waals surface area (Å²) in [6.07, 6.45) is 8.34. The Bertz CT molecular complexity index is 1910. The number of fused-ring (bicyclic) bond motifs is 1. The highest BCUT2D eigenvalue weighted by molar-refractivity contribution is 6.16. The summed E-state index contributed by atoms with van der Waals surface area (Å²) in [5.41, 5.74) is 11.3. The van der Waals surface area contributed by atoms with Gasteiger partial charge >= 0.3 is 0 Å². The molecular formula is C45H40. The number of hydrogen-bond donors (Lipinski definition) is 0. The van der Waals surface area contributed by atoms with Gasteiger partial charge in [-0.3, -0.25) is 0 Å². The predicted molar refractivity (Wildman–Crippen MR) is 198 cm³/mol. The Morgan fingerprint density at radius 1 is 0.533 bits per heavy atom. The average Bonchev–Trinajstić information content (AvgIpc) is 3.11. The van der Waals surface area contributed by atoms with Gasteiger partial charge in [-0.1, -0.05) is 190 Å². The molecule has 6 rings (SSSR count). The molecular weight excluding hydrogens is 540 g/mol. The van der Waals surface area contributed by atoms with E-state index >= 15 is 0 Å². The molecule has 0 saturated heterocycles. The molecule has 0 N–H and O–H groups in total. The molecule has 0 aromatic heterocycles. The van der Waals surface area contributed by atoms with Crippen LogP contribution in [0.3, 0.4) is 0 Å². The molecule has 0 heterocycles. The second-order valence-corrected chi connectivity index (χ2v) is 10.9. The topological polar surface area (TPSA) is 0 Å². The fourth-order valence-electron chi connectivity index (χ4n) is 5.87. The van der Waals surface area contributed by atoms with Crippen molar-refractivity contribution in [2.45, 2.75) is 19.8 Å². The lowest BCUT2D eigenvalue weighted by Crippen LogP contribution is -2.04. The second-order valence-electron chi connectivity index (χ2n) is 10.9. The van der Waals surface area contributed by atoms with Gasteiger partial charge in [-0.25, -0.2) is 0 Å². The van der Waals surface area contributed by atoms with E-state index in [1.54, 1.807) is 0 Å². The van der Waals surface area contributed by atoms with Crippen LogP contribution in [0.5, 0.6) is 0 Å². The molecule has 0 atom stereocenters. The highest BCUT2D eigenvalue weighted by Crippen LogP contribution is 2.49. The average molecular weight is 581 g/mol. The quantitative estimate of drug-likeness (QED) is 0.118. The van der Waals surface area contributed by atoms with Crippen molar-refractivity contribution in [2.75, 3.05) is 0 Å². The smallest absolute Gasteiger partial charge is 0.000808 e. The van der Waals surface area contributed by atoms with Crippen molar-refractivity contribution in [3.8, 4) is 22.3 Å². The van der Waals surface area contributed by atoms with E-state index in [0.29, 0.717) is 0 Å². The summed E-state index contributed by atoms with van der Waals surface area (Å²) in [5.74, 6) is 0. The van der Waals surface area contributed by atoms with Crippen molar-refractivity contribution in [2.24, 2.45) is 0 Å². The van der Waals surface area contributed by atoms with Gasteiger partial charge < -0.3 is 0 Å². The number of allylic oxidation sites excluding steroid dienone is 3. The van der Waals surface area contributed by atoms with Crippen LogP contribution in [0.25, 0.3) is 44.2 Å². The molecule has 0 nitrogen and oxygen atoms in total. The molecule has 0 radical (unpaired) electrons. The maximum absolute atomic E-state index is 4.77. The first-order chi connectivity index (χ1) is 22.2. The number of benzene rings is 6. The van der Waals surface area contributed by atoms with Gasteiger partial charge in [-0.05, 0) is 72.8 Å². The van der Waals surface area contributed by atoms with Crippen molar-refractivity contribution < 1.29 is 0 Å². The summed E-state index contributed by atoms with van der Waals surface area (Å²) in [7, 11) is 0. The van der Waals surface area contributed by atoms with Gasteiger partial charge in [0.05, 0.1) is 0 Å². The molecule has 6 aromatic rings. The lowest BCUT2D eigenvalue weighted by Gasteiger charge is -2.26. The zero-order chi connectivity index (χ0) is 31.4. The fourth-order valence-corrected chi connectivity index (χ4v) is 5.87. The number of hydrogen-bond acceptors (Lipinski definition) is 0. The summed E-state index contributed by atoms with van der Waals surface area (Å²) in [5, 5.41) is 2.41. The Morgan fingerprint density at radius 2 is 0.956 bits per heavy atom. The van der Waals surface area contributed by atoms with Gasteiger partial charge in [0.25, 0.3) is 0 Å². The Kier molecular flexibility index (Phi) is 10.5. The molecule has 0 spiro atoms. The molecule has 6 aromatic carbocycles. The maximum atomic E-state index is 4.77. The van der Waals surface area contributed by atoms with Gasteiger partial charge in [0, 0.05) is 0 Å². The minimum absolute atomic E-state index is 0.989. The van der Waals surface area contributed by atoms with Crippen LogP contribution in [0.15, 0.2) is 184 Å². The van der Waals surface area contributed by atoms with E-state index in [9.17, 15) is 0 Å².